The third-order valence-electron chi connectivity index (χ3n) is 4.83. The zero-order valence-electron chi connectivity index (χ0n) is 16.9. The average molecular weight is 471 g/mol. The fraction of sp³-hybridized carbons (Fsp3) is 0.273. The first kappa shape index (κ1) is 21.7. The van der Waals surface area contributed by atoms with E-state index in [0.717, 1.165) is 4.47 Å². The van der Waals surface area contributed by atoms with Gasteiger partial charge in [-0.05, 0) is 56.3 Å². The quantitative estimate of drug-likeness (QED) is 0.570. The number of hydrogen-bond acceptors (Lipinski definition) is 4. The van der Waals surface area contributed by atoms with Crippen molar-refractivity contribution in [3.63, 3.8) is 0 Å². The number of hydrogen-bond donors (Lipinski definition) is 1. The minimum absolute atomic E-state index is 0.0345. The van der Waals surface area contributed by atoms with Gasteiger partial charge in [0.15, 0.2) is 0 Å². The van der Waals surface area contributed by atoms with E-state index in [1.54, 1.807) is 41.3 Å². The monoisotopic (exact) mass is 470 g/mol. The summed E-state index contributed by atoms with van der Waals surface area (Å²) in [6.07, 6.45) is 1.58. The van der Waals surface area contributed by atoms with Crippen LogP contribution in [0.2, 0.25) is 0 Å². The molecule has 8 heteroatoms. The predicted octanol–water partition coefficient (Wildman–Crippen LogP) is 3.67. The standard InChI is InChI=1S/C22H23BrN4O3/c1-3-26(4-2)21(29)15-5-8-17(9-6-15)25-20(28)11-12-27-14-24-19-10-7-16(23)13-18(19)22(27)30/h5-10,13-14H,3-4,11-12H2,1-2H3,(H,25,28). The van der Waals surface area contributed by atoms with Gasteiger partial charge in [-0.2, -0.15) is 0 Å². The van der Waals surface area contributed by atoms with Crippen LogP contribution >= 0.6 is 15.9 Å². The molecule has 3 aromatic rings. The van der Waals surface area contributed by atoms with Crippen molar-refractivity contribution in [2.24, 2.45) is 0 Å². The van der Waals surface area contributed by atoms with Gasteiger partial charge >= 0.3 is 0 Å². The van der Waals surface area contributed by atoms with Crippen LogP contribution in [0, 0.1) is 0 Å². The van der Waals surface area contributed by atoms with Crippen molar-refractivity contribution >= 4 is 44.3 Å². The van der Waals surface area contributed by atoms with E-state index in [2.05, 4.69) is 26.2 Å². The molecular formula is C22H23BrN4O3. The van der Waals surface area contributed by atoms with Crippen LogP contribution in [0.5, 0.6) is 0 Å². The molecule has 0 saturated carbocycles. The minimum atomic E-state index is -0.223. The van der Waals surface area contributed by atoms with Crippen LogP contribution in [-0.4, -0.2) is 39.4 Å². The lowest BCUT2D eigenvalue weighted by atomic mass is 10.1. The molecule has 2 amide bonds. The highest BCUT2D eigenvalue weighted by Gasteiger charge is 2.12. The van der Waals surface area contributed by atoms with Crippen LogP contribution in [-0.2, 0) is 11.3 Å². The number of halogens is 1. The molecule has 0 fully saturated rings. The second-order valence-electron chi connectivity index (χ2n) is 6.76. The second-order valence-corrected chi connectivity index (χ2v) is 7.67. The number of anilines is 1. The van der Waals surface area contributed by atoms with E-state index >= 15 is 0 Å². The molecule has 0 bridgehead atoms. The molecular weight excluding hydrogens is 448 g/mol. The topological polar surface area (TPSA) is 84.3 Å². The third-order valence-corrected chi connectivity index (χ3v) is 5.33. The van der Waals surface area contributed by atoms with Crippen LogP contribution in [0.4, 0.5) is 5.69 Å². The van der Waals surface area contributed by atoms with Crippen molar-refractivity contribution < 1.29 is 9.59 Å². The van der Waals surface area contributed by atoms with E-state index in [1.165, 1.54) is 10.9 Å². The SMILES string of the molecule is CCN(CC)C(=O)c1ccc(NC(=O)CCn2cnc3ccc(Br)cc3c2=O)cc1. The summed E-state index contributed by atoms with van der Waals surface area (Å²) in [5.74, 6) is -0.258. The zero-order valence-corrected chi connectivity index (χ0v) is 18.5. The number of nitrogens with one attached hydrogen (secondary N) is 1. The molecule has 0 saturated heterocycles. The Hall–Kier alpha value is -3.00. The molecule has 0 atom stereocenters. The van der Waals surface area contributed by atoms with Gasteiger partial charge in [0.25, 0.3) is 11.5 Å². The number of fused-ring (bicyclic) bond motifs is 1. The molecule has 7 nitrogen and oxygen atoms in total. The molecule has 0 spiro atoms. The Bertz CT molecular complexity index is 1120. The van der Waals surface area contributed by atoms with Crippen LogP contribution in [0.3, 0.4) is 0 Å². The van der Waals surface area contributed by atoms with E-state index in [-0.39, 0.29) is 30.3 Å². The van der Waals surface area contributed by atoms with Gasteiger partial charge < -0.3 is 10.2 Å². The Labute approximate surface area is 182 Å². The zero-order chi connectivity index (χ0) is 21.7. The predicted molar refractivity (Wildman–Crippen MR) is 121 cm³/mol. The summed E-state index contributed by atoms with van der Waals surface area (Å²) in [6.45, 7) is 5.39. The molecule has 0 aliphatic heterocycles. The Morgan fingerprint density at radius 3 is 2.47 bits per heavy atom. The van der Waals surface area contributed by atoms with E-state index in [1.807, 2.05) is 19.9 Å². The molecule has 2 aromatic carbocycles. The summed E-state index contributed by atoms with van der Waals surface area (Å²) < 4.78 is 2.23. The minimum Gasteiger partial charge on any atom is -0.339 e. The summed E-state index contributed by atoms with van der Waals surface area (Å²) >= 11 is 3.36. The van der Waals surface area contributed by atoms with Crippen molar-refractivity contribution in [3.05, 3.63) is 69.2 Å². The summed E-state index contributed by atoms with van der Waals surface area (Å²) in [4.78, 5) is 43.3. The number of rotatable bonds is 7. The molecule has 0 radical (unpaired) electrons. The maximum absolute atomic E-state index is 12.6. The summed E-state index contributed by atoms with van der Waals surface area (Å²) in [7, 11) is 0. The summed E-state index contributed by atoms with van der Waals surface area (Å²) in [5.41, 5.74) is 1.61. The van der Waals surface area contributed by atoms with E-state index in [9.17, 15) is 14.4 Å². The molecule has 156 valence electrons. The normalized spacial score (nSPS) is 10.8. The first-order chi connectivity index (χ1) is 14.4. The molecule has 0 unspecified atom stereocenters. The smallest absolute Gasteiger partial charge is 0.261 e. The van der Waals surface area contributed by atoms with Crippen molar-refractivity contribution in [2.75, 3.05) is 18.4 Å². The fourth-order valence-electron chi connectivity index (χ4n) is 3.13. The summed E-state index contributed by atoms with van der Waals surface area (Å²) in [6, 6.07) is 12.1. The fourth-order valence-corrected chi connectivity index (χ4v) is 3.49. The van der Waals surface area contributed by atoms with Crippen LogP contribution in [0.25, 0.3) is 10.9 Å². The molecule has 1 heterocycles. The molecule has 0 aliphatic carbocycles. The number of carbonyl (C=O) groups is 2. The largest absolute Gasteiger partial charge is 0.339 e. The average Bonchev–Trinajstić information content (AvgIpc) is 2.75. The summed E-state index contributed by atoms with van der Waals surface area (Å²) in [5, 5.41) is 3.29. The highest BCUT2D eigenvalue weighted by Crippen LogP contribution is 2.15. The van der Waals surface area contributed by atoms with Gasteiger partial charge in [-0.3, -0.25) is 19.0 Å². The first-order valence-corrected chi connectivity index (χ1v) is 10.6. The Kier molecular flexibility index (Phi) is 6.99. The molecule has 3 rings (SSSR count). The second kappa shape index (κ2) is 9.67. The Morgan fingerprint density at radius 1 is 1.10 bits per heavy atom. The van der Waals surface area contributed by atoms with Crippen LogP contribution < -0.4 is 10.9 Å². The molecule has 1 aromatic heterocycles. The maximum Gasteiger partial charge on any atom is 0.261 e. The number of nitrogens with zero attached hydrogens (tertiary/aromatic N) is 3. The van der Waals surface area contributed by atoms with Crippen LogP contribution in [0.1, 0.15) is 30.6 Å². The number of carbonyl (C=O) groups excluding carboxylic acids is 2. The molecule has 1 N–H and O–H groups in total. The van der Waals surface area contributed by atoms with Gasteiger partial charge in [0, 0.05) is 41.8 Å². The van der Waals surface area contributed by atoms with Crippen LogP contribution in [0.15, 0.2) is 58.1 Å². The Morgan fingerprint density at radius 2 is 1.80 bits per heavy atom. The van der Waals surface area contributed by atoms with Crippen molar-refractivity contribution in [2.45, 2.75) is 26.8 Å². The van der Waals surface area contributed by atoms with Gasteiger partial charge in [0.2, 0.25) is 5.91 Å². The lowest BCUT2D eigenvalue weighted by Crippen LogP contribution is -2.30. The number of benzene rings is 2. The Balaban J connectivity index is 1.62. The highest BCUT2D eigenvalue weighted by molar-refractivity contribution is 9.10. The van der Waals surface area contributed by atoms with Crippen molar-refractivity contribution in [1.29, 1.82) is 0 Å². The van der Waals surface area contributed by atoms with Gasteiger partial charge in [-0.1, -0.05) is 15.9 Å². The van der Waals surface area contributed by atoms with E-state index in [0.29, 0.717) is 35.2 Å². The highest BCUT2D eigenvalue weighted by atomic mass is 79.9. The molecule has 0 aliphatic rings. The van der Waals surface area contributed by atoms with Gasteiger partial charge in [0.1, 0.15) is 0 Å². The lowest BCUT2D eigenvalue weighted by molar-refractivity contribution is -0.116. The van der Waals surface area contributed by atoms with E-state index < -0.39 is 0 Å². The number of aromatic nitrogens is 2. The molecule has 30 heavy (non-hydrogen) atoms. The lowest BCUT2D eigenvalue weighted by Gasteiger charge is -2.18. The maximum atomic E-state index is 12.6. The van der Waals surface area contributed by atoms with Crippen molar-refractivity contribution in [3.8, 4) is 0 Å². The van der Waals surface area contributed by atoms with Crippen molar-refractivity contribution in [1.82, 2.24) is 14.5 Å². The van der Waals surface area contributed by atoms with Gasteiger partial charge in [-0.25, -0.2) is 4.98 Å². The number of aryl methyl sites for hydroxylation is 1. The van der Waals surface area contributed by atoms with Gasteiger partial charge in [0.05, 0.1) is 17.2 Å². The third kappa shape index (κ3) is 4.94. The van der Waals surface area contributed by atoms with E-state index in [4.69, 9.17) is 0 Å². The first-order valence-electron chi connectivity index (χ1n) is 9.76. The van der Waals surface area contributed by atoms with Gasteiger partial charge in [-0.15, -0.1) is 0 Å². The number of amides is 2.